The van der Waals surface area contributed by atoms with E-state index in [1.165, 1.54) is 6.92 Å². The molecule has 1 saturated carbocycles. The summed E-state index contributed by atoms with van der Waals surface area (Å²) in [7, 11) is 0. The van der Waals surface area contributed by atoms with Crippen LogP contribution in [0.5, 0.6) is 0 Å². The van der Waals surface area contributed by atoms with Crippen molar-refractivity contribution in [3.05, 3.63) is 91.0 Å². The van der Waals surface area contributed by atoms with Gasteiger partial charge in [-0.15, -0.1) is 0 Å². The SMILES string of the molecule is CC(NC(=O)C1(O)CC(NC(=S)Nc2ccccc2)C(OC(=O)Nc2ccccc2)C(OC(=O)Nc2ccccc2)C1)C(N)=O. The third-order valence-electron chi connectivity index (χ3n) is 6.95. The number of primary amides is 1. The fourth-order valence-electron chi connectivity index (χ4n) is 4.71. The van der Waals surface area contributed by atoms with E-state index in [-0.39, 0.29) is 11.5 Å². The Bertz CT molecular complexity index is 1430. The quantitative estimate of drug-likeness (QED) is 0.172. The number of rotatable bonds is 9. The summed E-state index contributed by atoms with van der Waals surface area (Å²) in [5.41, 5.74) is 4.61. The van der Waals surface area contributed by atoms with Crippen LogP contribution in [0.2, 0.25) is 0 Å². The molecule has 0 spiro atoms. The topological polar surface area (TPSA) is 193 Å². The second kappa shape index (κ2) is 15.0. The highest BCUT2D eigenvalue weighted by atomic mass is 32.1. The third-order valence-corrected chi connectivity index (χ3v) is 7.17. The highest BCUT2D eigenvalue weighted by Crippen LogP contribution is 2.34. The predicted octanol–water partition coefficient (Wildman–Crippen LogP) is 3.09. The van der Waals surface area contributed by atoms with Gasteiger partial charge in [-0.05, 0) is 55.5 Å². The number of ether oxygens (including phenoxy) is 2. The lowest BCUT2D eigenvalue weighted by atomic mass is 9.77. The van der Waals surface area contributed by atoms with Gasteiger partial charge >= 0.3 is 12.2 Å². The van der Waals surface area contributed by atoms with Crippen molar-refractivity contribution in [3.8, 4) is 0 Å². The number of para-hydroxylation sites is 3. The van der Waals surface area contributed by atoms with E-state index >= 15 is 0 Å². The molecule has 8 N–H and O–H groups in total. The van der Waals surface area contributed by atoms with E-state index < -0.39 is 60.3 Å². The molecule has 14 heteroatoms. The first-order valence-corrected chi connectivity index (χ1v) is 14.4. The standard InChI is InChI=1S/C31H34N6O7S/c1-19(26(32)38)33-27(39)31(42)17-23(37-28(45)34-20-11-5-2-6-12-20)25(44-30(41)36-22-15-9-4-10-16-22)24(18-31)43-29(40)35-21-13-7-3-8-14-21/h2-16,19,23-25,42H,17-18H2,1H3,(H2,32,38)(H,33,39)(H,35,40)(H,36,41)(H2,34,37,45). The number of nitrogens with two attached hydrogens (primary N) is 1. The van der Waals surface area contributed by atoms with Crippen molar-refractivity contribution >= 4 is 58.4 Å². The number of amides is 4. The Kier molecular flexibility index (Phi) is 10.9. The Hall–Kier alpha value is -5.21. The summed E-state index contributed by atoms with van der Waals surface area (Å²) in [6, 6.07) is 23.8. The fourth-order valence-corrected chi connectivity index (χ4v) is 4.98. The van der Waals surface area contributed by atoms with Crippen molar-refractivity contribution < 1.29 is 33.8 Å². The number of thiocarbonyl (C=S) groups is 1. The Morgan fingerprint density at radius 2 is 1.27 bits per heavy atom. The van der Waals surface area contributed by atoms with E-state index in [1.807, 2.05) is 6.07 Å². The molecule has 0 aromatic heterocycles. The van der Waals surface area contributed by atoms with Gasteiger partial charge in [0.05, 0.1) is 6.04 Å². The first-order valence-electron chi connectivity index (χ1n) is 14.0. The minimum Gasteiger partial charge on any atom is -0.442 e. The Morgan fingerprint density at radius 3 is 1.76 bits per heavy atom. The van der Waals surface area contributed by atoms with Gasteiger partial charge < -0.3 is 36.3 Å². The van der Waals surface area contributed by atoms with Gasteiger partial charge in [0.1, 0.15) is 17.7 Å². The van der Waals surface area contributed by atoms with Gasteiger partial charge in [0, 0.05) is 29.9 Å². The first kappa shape index (κ1) is 32.7. The van der Waals surface area contributed by atoms with Crippen molar-refractivity contribution in [2.45, 2.75) is 49.7 Å². The van der Waals surface area contributed by atoms with Crippen LogP contribution in [0.4, 0.5) is 26.7 Å². The largest absolute Gasteiger partial charge is 0.442 e. The molecule has 1 aliphatic carbocycles. The average Bonchev–Trinajstić information content (AvgIpc) is 3.00. The molecule has 4 rings (SSSR count). The normalized spacial score (nSPS) is 21.2. The molecule has 0 aliphatic heterocycles. The van der Waals surface area contributed by atoms with Crippen LogP contribution in [-0.2, 0) is 19.1 Å². The summed E-state index contributed by atoms with van der Waals surface area (Å²) in [4.78, 5) is 51.1. The average molecular weight is 635 g/mol. The van der Waals surface area contributed by atoms with Crippen molar-refractivity contribution in [3.63, 3.8) is 0 Å². The van der Waals surface area contributed by atoms with E-state index in [1.54, 1.807) is 84.9 Å². The molecule has 45 heavy (non-hydrogen) atoms. The van der Waals surface area contributed by atoms with Crippen LogP contribution in [-0.4, -0.2) is 64.1 Å². The maximum absolute atomic E-state index is 13.3. The summed E-state index contributed by atoms with van der Waals surface area (Å²) < 4.78 is 11.5. The highest BCUT2D eigenvalue weighted by molar-refractivity contribution is 7.80. The third kappa shape index (κ3) is 9.39. The van der Waals surface area contributed by atoms with Crippen LogP contribution in [0.1, 0.15) is 19.8 Å². The Balaban J connectivity index is 1.64. The fraction of sp³-hybridized carbons (Fsp3) is 0.258. The second-order valence-electron chi connectivity index (χ2n) is 10.4. The lowest BCUT2D eigenvalue weighted by Crippen LogP contribution is -2.65. The van der Waals surface area contributed by atoms with E-state index in [0.29, 0.717) is 17.1 Å². The molecule has 4 amide bonds. The van der Waals surface area contributed by atoms with E-state index in [4.69, 9.17) is 27.4 Å². The number of anilines is 3. The molecule has 0 saturated heterocycles. The smallest absolute Gasteiger partial charge is 0.412 e. The molecule has 3 aromatic rings. The highest BCUT2D eigenvalue weighted by Gasteiger charge is 2.53. The zero-order valence-corrected chi connectivity index (χ0v) is 25.1. The monoisotopic (exact) mass is 634 g/mol. The van der Waals surface area contributed by atoms with Gasteiger partial charge in [-0.1, -0.05) is 54.6 Å². The first-order chi connectivity index (χ1) is 21.5. The summed E-state index contributed by atoms with van der Waals surface area (Å²) >= 11 is 5.50. The molecule has 1 fully saturated rings. The van der Waals surface area contributed by atoms with Crippen LogP contribution in [0.3, 0.4) is 0 Å². The van der Waals surface area contributed by atoms with Crippen LogP contribution in [0, 0.1) is 0 Å². The Morgan fingerprint density at radius 1 is 0.800 bits per heavy atom. The molecular formula is C31H34N6O7S. The number of carbonyl (C=O) groups is 4. The van der Waals surface area contributed by atoms with Crippen LogP contribution < -0.4 is 32.3 Å². The molecule has 236 valence electrons. The predicted molar refractivity (Wildman–Crippen MR) is 171 cm³/mol. The van der Waals surface area contributed by atoms with E-state index in [0.717, 1.165) is 0 Å². The summed E-state index contributed by atoms with van der Waals surface area (Å²) in [6.45, 7) is 1.36. The number of aliphatic hydroxyl groups is 1. The zero-order valence-electron chi connectivity index (χ0n) is 24.3. The summed E-state index contributed by atoms with van der Waals surface area (Å²) in [5, 5.41) is 25.3. The minimum atomic E-state index is -2.21. The number of benzene rings is 3. The van der Waals surface area contributed by atoms with Crippen molar-refractivity contribution in [1.82, 2.24) is 10.6 Å². The van der Waals surface area contributed by atoms with Gasteiger partial charge in [-0.25, -0.2) is 9.59 Å². The maximum Gasteiger partial charge on any atom is 0.412 e. The number of nitrogens with one attached hydrogen (secondary N) is 5. The number of carbonyl (C=O) groups excluding carboxylic acids is 4. The van der Waals surface area contributed by atoms with E-state index in [2.05, 4.69) is 26.6 Å². The molecule has 0 bridgehead atoms. The van der Waals surface area contributed by atoms with Crippen molar-refractivity contribution in [2.75, 3.05) is 16.0 Å². The molecule has 1 aliphatic rings. The molecule has 5 unspecified atom stereocenters. The minimum absolute atomic E-state index is 0.0749. The molecule has 0 heterocycles. The molecule has 3 aromatic carbocycles. The Labute approximate surface area is 264 Å². The van der Waals surface area contributed by atoms with Gasteiger partial charge in [-0.2, -0.15) is 0 Å². The molecule has 13 nitrogen and oxygen atoms in total. The van der Waals surface area contributed by atoms with E-state index in [9.17, 15) is 24.3 Å². The van der Waals surface area contributed by atoms with Crippen LogP contribution >= 0.6 is 12.2 Å². The lowest BCUT2D eigenvalue weighted by Gasteiger charge is -2.44. The van der Waals surface area contributed by atoms with Crippen molar-refractivity contribution in [1.29, 1.82) is 0 Å². The summed E-state index contributed by atoms with van der Waals surface area (Å²) in [6.07, 6.45) is -5.29. The molecule has 0 radical (unpaired) electrons. The van der Waals surface area contributed by atoms with Crippen molar-refractivity contribution in [2.24, 2.45) is 5.73 Å². The van der Waals surface area contributed by atoms with Crippen LogP contribution in [0.15, 0.2) is 91.0 Å². The van der Waals surface area contributed by atoms with Gasteiger partial charge in [0.25, 0.3) is 5.91 Å². The van der Waals surface area contributed by atoms with Crippen LogP contribution in [0.25, 0.3) is 0 Å². The molecule has 5 atom stereocenters. The number of hydrogen-bond donors (Lipinski definition) is 7. The summed E-state index contributed by atoms with van der Waals surface area (Å²) in [5.74, 6) is -1.76. The lowest BCUT2D eigenvalue weighted by molar-refractivity contribution is -0.158. The van der Waals surface area contributed by atoms with Gasteiger partial charge in [0.2, 0.25) is 5.91 Å². The number of hydrogen-bond acceptors (Lipinski definition) is 8. The second-order valence-corrected chi connectivity index (χ2v) is 10.8. The van der Waals surface area contributed by atoms with Gasteiger partial charge in [0.15, 0.2) is 11.2 Å². The zero-order chi connectivity index (χ0) is 32.4. The maximum atomic E-state index is 13.3. The molecular weight excluding hydrogens is 600 g/mol. The van der Waals surface area contributed by atoms with Gasteiger partial charge in [-0.3, -0.25) is 20.2 Å².